The van der Waals surface area contributed by atoms with E-state index < -0.39 is 12.0 Å². The Morgan fingerprint density at radius 3 is 2.81 bits per heavy atom. The van der Waals surface area contributed by atoms with Gasteiger partial charge in [0, 0.05) is 6.20 Å². The quantitative estimate of drug-likeness (QED) is 0.687. The van der Waals surface area contributed by atoms with E-state index in [4.69, 9.17) is 10.8 Å². The number of amides is 1. The molecule has 0 aliphatic carbocycles. The van der Waals surface area contributed by atoms with Gasteiger partial charge in [0.25, 0.3) is 0 Å². The van der Waals surface area contributed by atoms with E-state index >= 15 is 0 Å². The van der Waals surface area contributed by atoms with Gasteiger partial charge in [0.15, 0.2) is 0 Å². The second-order valence-corrected chi connectivity index (χ2v) is 3.27. The van der Waals surface area contributed by atoms with Crippen molar-refractivity contribution in [2.45, 2.75) is 19.4 Å². The van der Waals surface area contributed by atoms with Crippen LogP contribution >= 0.6 is 0 Å². The lowest BCUT2D eigenvalue weighted by atomic mass is 10.2. The molecule has 0 fully saturated rings. The first-order valence-electron chi connectivity index (χ1n) is 4.79. The fourth-order valence-corrected chi connectivity index (χ4v) is 1.05. The van der Waals surface area contributed by atoms with Gasteiger partial charge >= 0.3 is 5.97 Å². The molecule has 0 saturated carbocycles. The second kappa shape index (κ2) is 5.22. The van der Waals surface area contributed by atoms with Gasteiger partial charge in [0.05, 0.1) is 23.5 Å². The molecule has 6 heteroatoms. The van der Waals surface area contributed by atoms with E-state index in [1.54, 1.807) is 6.92 Å². The highest BCUT2D eigenvalue weighted by molar-refractivity contribution is 5.96. The van der Waals surface area contributed by atoms with E-state index in [1.165, 1.54) is 18.5 Å². The third-order valence-electron chi connectivity index (χ3n) is 2.03. The number of rotatable bonds is 4. The zero-order valence-corrected chi connectivity index (χ0v) is 8.80. The molecule has 0 unspecified atom stereocenters. The number of carbonyl (C=O) groups is 2. The Bertz CT molecular complexity index is 406. The van der Waals surface area contributed by atoms with Crippen LogP contribution in [0.1, 0.15) is 23.7 Å². The van der Waals surface area contributed by atoms with Crippen LogP contribution < -0.4 is 11.1 Å². The van der Waals surface area contributed by atoms with E-state index in [0.29, 0.717) is 12.1 Å². The smallest absolute Gasteiger partial charge is 0.337 e. The van der Waals surface area contributed by atoms with Crippen LogP contribution in [0, 0.1) is 0 Å². The predicted octanol–water partition coefficient (Wildman–Crippen LogP) is 0.456. The molecule has 1 rings (SSSR count). The highest BCUT2D eigenvalue weighted by Gasteiger charge is 2.12. The molecule has 0 aromatic carbocycles. The third-order valence-corrected chi connectivity index (χ3v) is 2.03. The van der Waals surface area contributed by atoms with E-state index in [1.807, 2.05) is 0 Å². The molecule has 86 valence electrons. The van der Waals surface area contributed by atoms with Gasteiger partial charge in [-0.05, 0) is 12.5 Å². The van der Waals surface area contributed by atoms with Gasteiger partial charge in [-0.25, -0.2) is 4.79 Å². The first-order chi connectivity index (χ1) is 7.54. The average molecular weight is 223 g/mol. The fraction of sp³-hybridized carbons (Fsp3) is 0.300. The molecule has 1 aromatic rings. The maximum absolute atomic E-state index is 11.4. The standard InChI is InChI=1S/C10H13N3O3/c1-2-8(11)9(14)13-7-3-6(10(15)16)4-12-5-7/h3-5,8H,2,11H2,1H3,(H,13,14)(H,15,16)/t8-/m1/s1. The molecule has 16 heavy (non-hydrogen) atoms. The Balaban J connectivity index is 2.78. The lowest BCUT2D eigenvalue weighted by Gasteiger charge is -2.09. The molecule has 1 aromatic heterocycles. The van der Waals surface area contributed by atoms with Crippen molar-refractivity contribution in [3.8, 4) is 0 Å². The number of nitrogens with zero attached hydrogens (tertiary/aromatic N) is 1. The van der Waals surface area contributed by atoms with E-state index in [2.05, 4.69) is 10.3 Å². The Morgan fingerprint density at radius 2 is 2.25 bits per heavy atom. The van der Waals surface area contributed by atoms with Crippen LogP contribution in [-0.2, 0) is 4.79 Å². The number of aromatic carboxylic acids is 1. The highest BCUT2D eigenvalue weighted by atomic mass is 16.4. The number of nitrogens with one attached hydrogen (secondary N) is 1. The zero-order chi connectivity index (χ0) is 12.1. The summed E-state index contributed by atoms with van der Waals surface area (Å²) in [5, 5.41) is 11.2. The molecule has 0 aliphatic rings. The number of aromatic nitrogens is 1. The van der Waals surface area contributed by atoms with Crippen LogP contribution in [0.4, 0.5) is 5.69 Å². The molecule has 1 atom stereocenters. The van der Waals surface area contributed by atoms with E-state index in [9.17, 15) is 9.59 Å². The average Bonchev–Trinajstić information content (AvgIpc) is 2.28. The zero-order valence-electron chi connectivity index (χ0n) is 8.80. The minimum atomic E-state index is -1.09. The number of nitrogens with two attached hydrogens (primary N) is 1. The van der Waals surface area contributed by atoms with Crippen LogP contribution in [0.15, 0.2) is 18.5 Å². The second-order valence-electron chi connectivity index (χ2n) is 3.27. The number of anilines is 1. The summed E-state index contributed by atoms with van der Waals surface area (Å²) in [7, 11) is 0. The molecular weight excluding hydrogens is 210 g/mol. The van der Waals surface area contributed by atoms with Crippen molar-refractivity contribution in [2.24, 2.45) is 5.73 Å². The summed E-state index contributed by atoms with van der Waals surface area (Å²) in [6.45, 7) is 1.79. The van der Waals surface area contributed by atoms with Crippen LogP contribution in [0.2, 0.25) is 0 Å². The van der Waals surface area contributed by atoms with Gasteiger partial charge in [0.1, 0.15) is 0 Å². The number of carboxylic acids is 1. The Kier molecular flexibility index (Phi) is 3.96. The Hall–Kier alpha value is -1.95. The SMILES string of the molecule is CC[C@@H](N)C(=O)Nc1cncc(C(=O)O)c1. The van der Waals surface area contributed by atoms with Crippen LogP contribution in [0.3, 0.4) is 0 Å². The number of hydrogen-bond acceptors (Lipinski definition) is 4. The molecule has 0 saturated heterocycles. The van der Waals surface area contributed by atoms with Gasteiger partial charge < -0.3 is 16.2 Å². The first-order valence-corrected chi connectivity index (χ1v) is 4.79. The number of hydrogen-bond donors (Lipinski definition) is 3. The van der Waals surface area contributed by atoms with Crippen molar-refractivity contribution in [3.05, 3.63) is 24.0 Å². The van der Waals surface area contributed by atoms with Crippen LogP contribution in [0.25, 0.3) is 0 Å². The number of carboxylic acid groups (broad SMARTS) is 1. The summed E-state index contributed by atoms with van der Waals surface area (Å²) in [4.78, 5) is 25.8. The molecule has 1 heterocycles. The maximum atomic E-state index is 11.4. The van der Waals surface area contributed by atoms with Crippen LogP contribution in [0.5, 0.6) is 0 Å². The fourth-order valence-electron chi connectivity index (χ4n) is 1.05. The minimum absolute atomic E-state index is 0.0165. The van der Waals surface area contributed by atoms with Crippen LogP contribution in [-0.4, -0.2) is 28.0 Å². The van der Waals surface area contributed by atoms with Gasteiger partial charge in [0.2, 0.25) is 5.91 Å². The Morgan fingerprint density at radius 1 is 1.56 bits per heavy atom. The molecule has 0 radical (unpaired) electrons. The molecule has 6 nitrogen and oxygen atoms in total. The Labute approximate surface area is 92.5 Å². The summed E-state index contributed by atoms with van der Waals surface area (Å²) < 4.78 is 0. The summed E-state index contributed by atoms with van der Waals surface area (Å²) in [5.74, 6) is -1.45. The summed E-state index contributed by atoms with van der Waals surface area (Å²) in [5.41, 5.74) is 5.86. The number of carbonyl (C=O) groups excluding carboxylic acids is 1. The lowest BCUT2D eigenvalue weighted by Crippen LogP contribution is -2.34. The maximum Gasteiger partial charge on any atom is 0.337 e. The normalized spacial score (nSPS) is 11.9. The topological polar surface area (TPSA) is 105 Å². The molecule has 1 amide bonds. The van der Waals surface area contributed by atoms with Crippen molar-refractivity contribution in [3.63, 3.8) is 0 Å². The summed E-state index contributed by atoms with van der Waals surface area (Å²) in [6.07, 6.45) is 3.09. The lowest BCUT2D eigenvalue weighted by molar-refractivity contribution is -0.117. The summed E-state index contributed by atoms with van der Waals surface area (Å²) in [6, 6.07) is 0.726. The van der Waals surface area contributed by atoms with Gasteiger partial charge in [-0.1, -0.05) is 6.92 Å². The first kappa shape index (κ1) is 12.1. The minimum Gasteiger partial charge on any atom is -0.478 e. The predicted molar refractivity (Wildman–Crippen MR) is 58.1 cm³/mol. The number of pyridine rings is 1. The third kappa shape index (κ3) is 3.03. The summed E-state index contributed by atoms with van der Waals surface area (Å²) >= 11 is 0. The van der Waals surface area contributed by atoms with Crippen molar-refractivity contribution in [2.75, 3.05) is 5.32 Å². The molecule has 4 N–H and O–H groups in total. The van der Waals surface area contributed by atoms with Crippen molar-refractivity contribution in [1.82, 2.24) is 4.98 Å². The molecular formula is C10H13N3O3. The molecule has 0 spiro atoms. The highest BCUT2D eigenvalue weighted by Crippen LogP contribution is 2.08. The van der Waals surface area contributed by atoms with Crippen molar-refractivity contribution < 1.29 is 14.7 Å². The van der Waals surface area contributed by atoms with Crippen molar-refractivity contribution in [1.29, 1.82) is 0 Å². The van der Waals surface area contributed by atoms with E-state index in [0.717, 1.165) is 0 Å². The molecule has 0 aliphatic heterocycles. The monoisotopic (exact) mass is 223 g/mol. The van der Waals surface area contributed by atoms with E-state index in [-0.39, 0.29) is 11.5 Å². The van der Waals surface area contributed by atoms with Crippen molar-refractivity contribution >= 4 is 17.6 Å². The van der Waals surface area contributed by atoms with Gasteiger partial charge in [-0.3, -0.25) is 9.78 Å². The largest absolute Gasteiger partial charge is 0.478 e. The van der Waals surface area contributed by atoms with Gasteiger partial charge in [-0.2, -0.15) is 0 Å². The van der Waals surface area contributed by atoms with Gasteiger partial charge in [-0.15, -0.1) is 0 Å². The molecule has 0 bridgehead atoms.